The average Bonchev–Trinajstić information content (AvgIpc) is 3.48. The normalized spacial score (nSPS) is 12.6. The molecule has 208 valence electrons. The largest absolute Gasteiger partial charge is 0.435 e. The highest BCUT2D eigenvalue weighted by Crippen LogP contribution is 2.39. The Labute approximate surface area is 227 Å². The first kappa shape index (κ1) is 27.5. The topological polar surface area (TPSA) is 80.2 Å². The third-order valence-corrected chi connectivity index (χ3v) is 6.32. The van der Waals surface area contributed by atoms with Crippen LogP contribution < -0.4 is 0 Å². The van der Waals surface area contributed by atoms with E-state index in [1.807, 2.05) is 0 Å². The van der Waals surface area contributed by atoms with Crippen LogP contribution in [-0.2, 0) is 19.8 Å². The van der Waals surface area contributed by atoms with Crippen molar-refractivity contribution in [1.29, 1.82) is 0 Å². The number of aliphatic hydroxyl groups is 1. The van der Waals surface area contributed by atoms with Gasteiger partial charge in [0, 0.05) is 31.3 Å². The highest BCUT2D eigenvalue weighted by molar-refractivity contribution is 5.84. The van der Waals surface area contributed by atoms with Gasteiger partial charge in [-0.2, -0.15) is 13.2 Å². The van der Waals surface area contributed by atoms with E-state index in [-0.39, 0.29) is 30.1 Å². The Hall–Kier alpha value is -4.09. The van der Waals surface area contributed by atoms with Crippen LogP contribution in [-0.4, -0.2) is 48.9 Å². The molecule has 0 radical (unpaired) electrons. The molecule has 0 aliphatic heterocycles. The number of fused-ring (bicyclic) bond motifs is 1. The Morgan fingerprint density at radius 3 is 2.42 bits per heavy atom. The lowest BCUT2D eigenvalue weighted by atomic mass is 9.97. The highest BCUT2D eigenvalue weighted by atomic mass is 19.4. The maximum Gasteiger partial charge on any atom is 0.420 e. The molecule has 7 nitrogen and oxygen atoms in total. The first-order valence-electron chi connectivity index (χ1n) is 12.4. The van der Waals surface area contributed by atoms with Crippen LogP contribution in [0.25, 0.3) is 45.1 Å². The van der Waals surface area contributed by atoms with E-state index in [4.69, 9.17) is 4.42 Å². The van der Waals surface area contributed by atoms with Crippen molar-refractivity contribution >= 4 is 11.1 Å². The minimum Gasteiger partial charge on any atom is -0.435 e. The lowest BCUT2D eigenvalue weighted by Gasteiger charge is -2.25. The molecule has 0 bridgehead atoms. The van der Waals surface area contributed by atoms with Crippen molar-refractivity contribution < 1.29 is 27.1 Å². The summed E-state index contributed by atoms with van der Waals surface area (Å²) in [7, 11) is 3.47. The smallest absolute Gasteiger partial charge is 0.420 e. The fourth-order valence-corrected chi connectivity index (χ4v) is 4.84. The Morgan fingerprint density at radius 1 is 1.00 bits per heavy atom. The summed E-state index contributed by atoms with van der Waals surface area (Å²) < 4.78 is 63.8. The average molecular weight is 554 g/mol. The van der Waals surface area contributed by atoms with Crippen molar-refractivity contribution in [2.75, 3.05) is 13.6 Å². The molecule has 0 atom stereocenters. The Morgan fingerprint density at radius 2 is 1.75 bits per heavy atom. The van der Waals surface area contributed by atoms with Crippen molar-refractivity contribution in [2.24, 2.45) is 7.05 Å². The Kier molecular flexibility index (Phi) is 6.97. The van der Waals surface area contributed by atoms with Gasteiger partial charge in [0.2, 0.25) is 5.89 Å². The summed E-state index contributed by atoms with van der Waals surface area (Å²) in [5.41, 5.74) is 0.465. The quantitative estimate of drug-likeness (QED) is 0.238. The number of hydrogen-bond donors (Lipinski definition) is 1. The van der Waals surface area contributed by atoms with Crippen LogP contribution in [0.4, 0.5) is 17.6 Å². The van der Waals surface area contributed by atoms with Crippen LogP contribution in [0.2, 0.25) is 0 Å². The fourth-order valence-electron chi connectivity index (χ4n) is 4.84. The molecule has 0 aliphatic carbocycles. The number of benzene rings is 3. The highest BCUT2D eigenvalue weighted by Gasteiger charge is 2.35. The SMILES string of the molecule is CN(Cc1cc(C(F)(F)F)c2oc(-c3cccc(-c4ccc(F)cc4-c4nncn4C)c3)nc2c1)CC(C)(C)O. The second-order valence-corrected chi connectivity index (χ2v) is 10.5. The lowest BCUT2D eigenvalue weighted by Crippen LogP contribution is -2.35. The monoisotopic (exact) mass is 553 g/mol. The minimum absolute atomic E-state index is 0.0201. The van der Waals surface area contributed by atoms with Gasteiger partial charge < -0.3 is 14.1 Å². The predicted octanol–water partition coefficient (Wildman–Crippen LogP) is 6.32. The van der Waals surface area contributed by atoms with Crippen molar-refractivity contribution in [3.63, 3.8) is 0 Å². The fraction of sp³-hybridized carbons (Fsp3) is 0.276. The van der Waals surface area contributed by atoms with Gasteiger partial charge in [-0.05, 0) is 74.0 Å². The van der Waals surface area contributed by atoms with Crippen LogP contribution >= 0.6 is 0 Å². The molecule has 0 spiro atoms. The zero-order valence-electron chi connectivity index (χ0n) is 22.3. The first-order chi connectivity index (χ1) is 18.8. The number of aryl methyl sites for hydroxylation is 1. The maximum atomic E-state index is 14.2. The van der Waals surface area contributed by atoms with Gasteiger partial charge in [0.05, 0.1) is 5.60 Å². The number of hydrogen-bond acceptors (Lipinski definition) is 6. The molecule has 11 heteroatoms. The van der Waals surface area contributed by atoms with Gasteiger partial charge in [0.25, 0.3) is 0 Å². The summed E-state index contributed by atoms with van der Waals surface area (Å²) in [4.78, 5) is 6.15. The summed E-state index contributed by atoms with van der Waals surface area (Å²) in [6.07, 6.45) is -3.16. The molecule has 40 heavy (non-hydrogen) atoms. The molecule has 0 aliphatic rings. The zero-order chi connectivity index (χ0) is 28.8. The van der Waals surface area contributed by atoms with Gasteiger partial charge in [-0.1, -0.05) is 18.2 Å². The second kappa shape index (κ2) is 10.1. The summed E-state index contributed by atoms with van der Waals surface area (Å²) in [5, 5.41) is 18.1. The van der Waals surface area contributed by atoms with Gasteiger partial charge in [-0.15, -0.1) is 10.2 Å². The number of alkyl halides is 3. The molecular weight excluding hydrogens is 526 g/mol. The van der Waals surface area contributed by atoms with Gasteiger partial charge >= 0.3 is 6.18 Å². The van der Waals surface area contributed by atoms with E-state index in [9.17, 15) is 22.7 Å². The standard InChI is InChI=1S/C29H27F4N5O2/c1-28(2,39)15-37(3)14-17-10-23(29(31,32)33)25-24(11-17)35-27(40-25)19-7-5-6-18(12-19)21-9-8-20(30)13-22(21)26-36-34-16-38(26)4/h5-13,16,39H,14-15H2,1-4H3. The van der Waals surface area contributed by atoms with Crippen LogP contribution in [0.1, 0.15) is 25.0 Å². The molecule has 5 rings (SSSR count). The van der Waals surface area contributed by atoms with Gasteiger partial charge in [-0.3, -0.25) is 4.90 Å². The van der Waals surface area contributed by atoms with Crippen molar-refractivity contribution in [3.8, 4) is 34.0 Å². The number of rotatable bonds is 7. The molecule has 5 aromatic rings. The number of oxazole rings is 1. The summed E-state index contributed by atoms with van der Waals surface area (Å²) in [6.45, 7) is 3.71. The van der Waals surface area contributed by atoms with Gasteiger partial charge in [0.15, 0.2) is 11.4 Å². The molecule has 0 amide bonds. The van der Waals surface area contributed by atoms with Crippen LogP contribution in [0.3, 0.4) is 0 Å². The third kappa shape index (κ3) is 5.75. The minimum atomic E-state index is -4.67. The van der Waals surface area contributed by atoms with E-state index in [0.29, 0.717) is 33.6 Å². The zero-order valence-corrected chi connectivity index (χ0v) is 22.3. The van der Waals surface area contributed by atoms with Crippen molar-refractivity contribution in [2.45, 2.75) is 32.2 Å². The molecule has 1 N–H and O–H groups in total. The molecular formula is C29H27F4N5O2. The van der Waals surface area contributed by atoms with Gasteiger partial charge in [-0.25, -0.2) is 9.37 Å². The van der Waals surface area contributed by atoms with E-state index in [2.05, 4.69) is 15.2 Å². The number of nitrogens with zero attached hydrogens (tertiary/aromatic N) is 5. The Bertz CT molecular complexity index is 1680. The molecule has 0 saturated heterocycles. The summed E-state index contributed by atoms with van der Waals surface area (Å²) in [5.74, 6) is 0.0332. The molecule has 3 aromatic carbocycles. The van der Waals surface area contributed by atoms with Crippen LogP contribution in [0.15, 0.2) is 65.3 Å². The van der Waals surface area contributed by atoms with Crippen molar-refractivity contribution in [1.82, 2.24) is 24.6 Å². The lowest BCUT2D eigenvalue weighted by molar-refractivity contribution is -0.136. The van der Waals surface area contributed by atoms with E-state index >= 15 is 0 Å². The van der Waals surface area contributed by atoms with Crippen LogP contribution in [0.5, 0.6) is 0 Å². The molecule has 0 saturated carbocycles. The van der Waals surface area contributed by atoms with E-state index in [1.54, 1.807) is 73.8 Å². The van der Waals surface area contributed by atoms with Crippen LogP contribution in [0, 0.1) is 5.82 Å². The number of halogens is 4. The molecule has 2 heterocycles. The van der Waals surface area contributed by atoms with Gasteiger partial charge in [0.1, 0.15) is 23.2 Å². The number of likely N-dealkylation sites (N-methyl/N-ethyl adjacent to an activating group) is 1. The second-order valence-electron chi connectivity index (χ2n) is 10.5. The predicted molar refractivity (Wildman–Crippen MR) is 142 cm³/mol. The van der Waals surface area contributed by atoms with E-state index in [0.717, 1.165) is 6.07 Å². The molecule has 0 unspecified atom stereocenters. The number of aromatic nitrogens is 4. The maximum absolute atomic E-state index is 14.2. The molecule has 0 fully saturated rings. The van der Waals surface area contributed by atoms with E-state index in [1.165, 1.54) is 18.5 Å². The summed E-state index contributed by atoms with van der Waals surface area (Å²) in [6, 6.07) is 13.9. The third-order valence-electron chi connectivity index (χ3n) is 6.32. The van der Waals surface area contributed by atoms with E-state index < -0.39 is 23.2 Å². The Balaban J connectivity index is 1.57. The summed E-state index contributed by atoms with van der Waals surface area (Å²) >= 11 is 0. The van der Waals surface area contributed by atoms with Crippen molar-refractivity contribution in [3.05, 3.63) is 77.9 Å². The molecule has 2 aromatic heterocycles. The first-order valence-corrected chi connectivity index (χ1v) is 12.4.